The van der Waals surface area contributed by atoms with Crippen molar-refractivity contribution in [2.75, 3.05) is 62.3 Å². The number of carbonyl (C=O) groups is 1. The van der Waals surface area contributed by atoms with Crippen LogP contribution in [-0.4, -0.2) is 73.3 Å². The number of thiocarbonyl (C=S) groups is 1. The van der Waals surface area contributed by atoms with Gasteiger partial charge in [-0.2, -0.15) is 0 Å². The average Bonchev–Trinajstić information content (AvgIpc) is 2.73. The zero-order chi connectivity index (χ0) is 21.0. The molecule has 158 valence electrons. The van der Waals surface area contributed by atoms with Crippen LogP contribution in [0.3, 0.4) is 0 Å². The van der Waals surface area contributed by atoms with Crippen LogP contribution in [0.2, 0.25) is 0 Å². The summed E-state index contributed by atoms with van der Waals surface area (Å²) >= 11 is 5.36. The number of nitro groups is 1. The molecule has 1 aromatic carbocycles. The molecular formula is C19H27N5O4S. The molecule has 2 aliphatic rings. The van der Waals surface area contributed by atoms with E-state index in [-0.39, 0.29) is 22.4 Å². The Morgan fingerprint density at radius 3 is 2.38 bits per heavy atom. The van der Waals surface area contributed by atoms with E-state index >= 15 is 0 Å². The minimum atomic E-state index is -0.331. The molecule has 0 spiro atoms. The van der Waals surface area contributed by atoms with Gasteiger partial charge in [-0.05, 0) is 24.4 Å². The van der Waals surface area contributed by atoms with E-state index in [4.69, 9.17) is 17.0 Å². The third-order valence-corrected chi connectivity index (χ3v) is 5.55. The van der Waals surface area contributed by atoms with Crippen molar-refractivity contribution in [3.63, 3.8) is 0 Å². The fourth-order valence-corrected chi connectivity index (χ4v) is 3.70. The van der Waals surface area contributed by atoms with Crippen molar-refractivity contribution in [2.24, 2.45) is 5.92 Å². The number of nitro benzene ring substituents is 1. The van der Waals surface area contributed by atoms with Crippen LogP contribution in [0.25, 0.3) is 0 Å². The Bertz CT molecular complexity index is 774. The number of nitrogens with zero attached hydrogens (tertiary/aromatic N) is 4. The smallest absolute Gasteiger partial charge is 0.292 e. The van der Waals surface area contributed by atoms with Crippen LogP contribution in [0.5, 0.6) is 0 Å². The Balaban J connectivity index is 1.68. The second-order valence-corrected chi connectivity index (χ2v) is 7.84. The first-order chi connectivity index (χ1) is 13.9. The highest BCUT2D eigenvalue weighted by Gasteiger charge is 2.25. The van der Waals surface area contributed by atoms with Crippen molar-refractivity contribution in [1.29, 1.82) is 0 Å². The number of rotatable bonds is 4. The van der Waals surface area contributed by atoms with Crippen LogP contribution in [0.15, 0.2) is 18.2 Å². The van der Waals surface area contributed by atoms with E-state index in [1.807, 2.05) is 29.7 Å². The maximum Gasteiger partial charge on any atom is 0.292 e. The first-order valence-corrected chi connectivity index (χ1v) is 10.2. The highest BCUT2D eigenvalue weighted by atomic mass is 32.1. The lowest BCUT2D eigenvalue weighted by molar-refractivity contribution is -0.384. The lowest BCUT2D eigenvalue weighted by atomic mass is 10.1. The zero-order valence-electron chi connectivity index (χ0n) is 16.8. The lowest BCUT2D eigenvalue weighted by Gasteiger charge is -2.38. The fraction of sp³-hybridized carbons (Fsp3) is 0.579. The predicted molar refractivity (Wildman–Crippen MR) is 115 cm³/mol. The summed E-state index contributed by atoms with van der Waals surface area (Å²) in [6.07, 6.45) is 0. The summed E-state index contributed by atoms with van der Waals surface area (Å²) in [6, 6.07) is 5.29. The minimum Gasteiger partial charge on any atom is -0.378 e. The van der Waals surface area contributed by atoms with Gasteiger partial charge in [-0.1, -0.05) is 13.8 Å². The van der Waals surface area contributed by atoms with Crippen molar-refractivity contribution in [2.45, 2.75) is 13.8 Å². The van der Waals surface area contributed by atoms with Gasteiger partial charge in [0.15, 0.2) is 5.11 Å². The quantitative estimate of drug-likeness (QED) is 0.445. The third-order valence-electron chi connectivity index (χ3n) is 5.19. The third kappa shape index (κ3) is 5.13. The van der Waals surface area contributed by atoms with Crippen LogP contribution >= 0.6 is 12.2 Å². The number of ether oxygens (including phenoxy) is 1. The first-order valence-electron chi connectivity index (χ1n) is 9.82. The molecule has 0 saturated carbocycles. The van der Waals surface area contributed by atoms with Gasteiger partial charge in [0, 0.05) is 56.9 Å². The molecule has 2 heterocycles. The van der Waals surface area contributed by atoms with E-state index in [0.29, 0.717) is 50.2 Å². The number of anilines is 2. The van der Waals surface area contributed by atoms with Gasteiger partial charge in [0.25, 0.3) is 5.69 Å². The Kier molecular flexibility index (Phi) is 6.86. The largest absolute Gasteiger partial charge is 0.378 e. The number of hydrogen-bond acceptors (Lipinski definition) is 7. The van der Waals surface area contributed by atoms with Gasteiger partial charge in [0.05, 0.1) is 18.1 Å². The second kappa shape index (κ2) is 9.36. The van der Waals surface area contributed by atoms with Crippen LogP contribution in [0.4, 0.5) is 17.1 Å². The molecule has 1 aromatic rings. The molecule has 9 nitrogen and oxygen atoms in total. The van der Waals surface area contributed by atoms with Crippen LogP contribution < -0.4 is 15.1 Å². The predicted octanol–water partition coefficient (Wildman–Crippen LogP) is 1.61. The van der Waals surface area contributed by atoms with Gasteiger partial charge < -0.3 is 24.8 Å². The molecule has 29 heavy (non-hydrogen) atoms. The minimum absolute atomic E-state index is 0.0806. The van der Waals surface area contributed by atoms with Gasteiger partial charge in [-0.25, -0.2) is 0 Å². The van der Waals surface area contributed by atoms with E-state index in [1.54, 1.807) is 12.1 Å². The summed E-state index contributed by atoms with van der Waals surface area (Å²) in [5.41, 5.74) is 1.71. The molecular weight excluding hydrogens is 394 g/mol. The van der Waals surface area contributed by atoms with E-state index < -0.39 is 0 Å². The number of hydrogen-bond donors (Lipinski definition) is 1. The van der Waals surface area contributed by atoms with Gasteiger partial charge >= 0.3 is 0 Å². The van der Waals surface area contributed by atoms with Crippen LogP contribution in [-0.2, 0) is 9.53 Å². The summed E-state index contributed by atoms with van der Waals surface area (Å²) in [4.78, 5) is 29.2. The molecule has 1 N–H and O–H groups in total. The summed E-state index contributed by atoms with van der Waals surface area (Å²) in [5, 5.41) is 14.7. The summed E-state index contributed by atoms with van der Waals surface area (Å²) < 4.78 is 5.37. The van der Waals surface area contributed by atoms with E-state index in [1.165, 1.54) is 0 Å². The molecule has 2 saturated heterocycles. The molecule has 3 rings (SSSR count). The maximum absolute atomic E-state index is 11.9. The van der Waals surface area contributed by atoms with Crippen molar-refractivity contribution in [3.8, 4) is 0 Å². The standard InChI is InChI=1S/C19H27N5O4S/c1-14(2)18(25)20-19(29)23-7-5-21(6-8-23)15-3-4-16(24(26)27)17(13-15)22-9-11-28-12-10-22/h3-4,13-14H,5-12H2,1-2H3,(H,20,25,29). The van der Waals surface area contributed by atoms with Gasteiger partial charge in [0.2, 0.25) is 5.91 Å². The molecule has 0 unspecified atom stereocenters. The molecule has 0 atom stereocenters. The molecule has 0 aliphatic carbocycles. The van der Waals surface area contributed by atoms with E-state index in [9.17, 15) is 14.9 Å². The first kappa shape index (κ1) is 21.3. The van der Waals surface area contributed by atoms with Crippen molar-refractivity contribution >= 4 is 40.3 Å². The fourth-order valence-electron chi connectivity index (χ4n) is 3.42. The number of morpholine rings is 1. The zero-order valence-corrected chi connectivity index (χ0v) is 17.6. The summed E-state index contributed by atoms with van der Waals surface area (Å²) in [5.74, 6) is -0.198. The monoisotopic (exact) mass is 421 g/mol. The van der Waals surface area contributed by atoms with E-state index in [0.717, 1.165) is 18.8 Å². The Hall–Kier alpha value is -2.46. The highest BCUT2D eigenvalue weighted by molar-refractivity contribution is 7.80. The average molecular weight is 422 g/mol. The topological polar surface area (TPSA) is 91.2 Å². The normalized spacial score (nSPS) is 17.4. The SMILES string of the molecule is CC(C)C(=O)NC(=S)N1CCN(c2ccc([N+](=O)[O-])c(N3CCOCC3)c2)CC1. The highest BCUT2D eigenvalue weighted by Crippen LogP contribution is 2.33. The molecule has 0 radical (unpaired) electrons. The van der Waals surface area contributed by atoms with Gasteiger partial charge in [-0.3, -0.25) is 14.9 Å². The van der Waals surface area contributed by atoms with Crippen molar-refractivity contribution in [1.82, 2.24) is 10.2 Å². The summed E-state index contributed by atoms with van der Waals surface area (Å²) in [6.45, 7) is 8.88. The van der Waals surface area contributed by atoms with Gasteiger partial charge in [-0.15, -0.1) is 0 Å². The molecule has 2 aliphatic heterocycles. The Morgan fingerprint density at radius 2 is 1.79 bits per heavy atom. The van der Waals surface area contributed by atoms with E-state index in [2.05, 4.69) is 10.2 Å². The Morgan fingerprint density at radius 1 is 1.14 bits per heavy atom. The lowest BCUT2D eigenvalue weighted by Crippen LogP contribution is -2.53. The molecule has 1 amide bonds. The van der Waals surface area contributed by atoms with Crippen LogP contribution in [0.1, 0.15) is 13.8 Å². The summed E-state index contributed by atoms with van der Waals surface area (Å²) in [7, 11) is 0. The number of benzene rings is 1. The second-order valence-electron chi connectivity index (χ2n) is 7.45. The Labute approximate surface area is 175 Å². The van der Waals surface area contributed by atoms with Gasteiger partial charge in [0.1, 0.15) is 5.69 Å². The van der Waals surface area contributed by atoms with Crippen molar-refractivity contribution < 1.29 is 14.5 Å². The molecule has 10 heteroatoms. The number of amides is 1. The maximum atomic E-state index is 11.9. The molecule has 0 aromatic heterocycles. The van der Waals surface area contributed by atoms with Crippen LogP contribution in [0, 0.1) is 16.0 Å². The number of carbonyl (C=O) groups excluding carboxylic acids is 1. The number of piperazine rings is 1. The number of nitrogens with one attached hydrogen (secondary N) is 1. The molecule has 0 bridgehead atoms. The van der Waals surface area contributed by atoms with Crippen molar-refractivity contribution in [3.05, 3.63) is 28.3 Å². The molecule has 2 fully saturated rings.